The number of nitrogen functional groups attached to an aromatic ring is 2. The summed E-state index contributed by atoms with van der Waals surface area (Å²) in [7, 11) is 0. The minimum absolute atomic E-state index is 0.323. The molecule has 2 heterocycles. The van der Waals surface area contributed by atoms with E-state index >= 15 is 0 Å². The Hall–Kier alpha value is -2.51. The molecular formula is C18H17N3S. The van der Waals surface area contributed by atoms with E-state index in [1.807, 2.05) is 24.3 Å². The van der Waals surface area contributed by atoms with Crippen LogP contribution in [0.2, 0.25) is 0 Å². The average Bonchev–Trinajstić information content (AvgIpc) is 2.93. The molecule has 0 fully saturated rings. The molecule has 3 nitrogen and oxygen atoms in total. The maximum absolute atomic E-state index is 6.12. The van der Waals surface area contributed by atoms with Crippen molar-refractivity contribution in [1.29, 1.82) is 0 Å². The number of rotatable bonds is 1. The molecule has 0 saturated heterocycles. The maximum atomic E-state index is 6.12. The Morgan fingerprint density at radius 1 is 1.14 bits per heavy atom. The van der Waals surface area contributed by atoms with E-state index in [-0.39, 0.29) is 0 Å². The van der Waals surface area contributed by atoms with Gasteiger partial charge in [0.05, 0.1) is 10.3 Å². The molecule has 0 atom stereocenters. The van der Waals surface area contributed by atoms with E-state index in [4.69, 9.17) is 11.5 Å². The first-order valence-electron chi connectivity index (χ1n) is 7.09. The summed E-state index contributed by atoms with van der Waals surface area (Å²) in [6, 6.07) is 7.79. The number of thiophene rings is 1. The Bertz CT molecular complexity index is 880. The topological polar surface area (TPSA) is 64.9 Å². The Balaban J connectivity index is 2.21. The lowest BCUT2D eigenvalue weighted by atomic mass is 10.0. The van der Waals surface area contributed by atoms with E-state index in [0.29, 0.717) is 11.7 Å². The Morgan fingerprint density at radius 2 is 1.86 bits per heavy atom. The predicted molar refractivity (Wildman–Crippen MR) is 95.6 cm³/mol. The average molecular weight is 307 g/mol. The fourth-order valence-electron chi connectivity index (χ4n) is 2.25. The van der Waals surface area contributed by atoms with Gasteiger partial charge >= 0.3 is 0 Å². The first-order chi connectivity index (χ1) is 10.6. The minimum atomic E-state index is 0.323. The van der Waals surface area contributed by atoms with E-state index in [1.165, 1.54) is 0 Å². The SMILES string of the molecule is CC(C)C#Cc1cnc(N)c2c(-c3ccc(N)cc3)csc12. The van der Waals surface area contributed by atoms with Crippen LogP contribution < -0.4 is 11.5 Å². The van der Waals surface area contributed by atoms with E-state index in [1.54, 1.807) is 17.5 Å². The first-order valence-corrected chi connectivity index (χ1v) is 7.97. The second kappa shape index (κ2) is 5.70. The van der Waals surface area contributed by atoms with E-state index in [9.17, 15) is 0 Å². The molecule has 1 aromatic carbocycles. The van der Waals surface area contributed by atoms with Crippen molar-refractivity contribution in [2.45, 2.75) is 13.8 Å². The quantitative estimate of drug-likeness (QED) is 0.524. The predicted octanol–water partition coefficient (Wildman–Crippen LogP) is 4.14. The third-order valence-electron chi connectivity index (χ3n) is 3.34. The minimum Gasteiger partial charge on any atom is -0.399 e. The standard InChI is InChI=1S/C18H17N3S/c1-11(2)3-4-13-9-21-18(20)16-15(10-22-17(13)16)12-5-7-14(19)8-6-12/h5-11H,19H2,1-2H3,(H2,20,21). The Morgan fingerprint density at radius 3 is 2.55 bits per heavy atom. The van der Waals surface area contributed by atoms with Gasteiger partial charge in [0.2, 0.25) is 0 Å². The van der Waals surface area contributed by atoms with Crippen LogP contribution in [0.5, 0.6) is 0 Å². The van der Waals surface area contributed by atoms with Crippen molar-refractivity contribution < 1.29 is 0 Å². The number of nitrogens with two attached hydrogens (primary N) is 2. The second-order valence-corrected chi connectivity index (χ2v) is 6.34. The molecule has 110 valence electrons. The molecule has 0 spiro atoms. The van der Waals surface area contributed by atoms with E-state index in [2.05, 4.69) is 36.1 Å². The normalized spacial score (nSPS) is 10.7. The summed E-state index contributed by atoms with van der Waals surface area (Å²) in [5.74, 6) is 7.26. The molecule has 0 saturated carbocycles. The zero-order valence-electron chi connectivity index (χ0n) is 12.6. The summed E-state index contributed by atoms with van der Waals surface area (Å²) in [6.07, 6.45) is 1.76. The monoisotopic (exact) mass is 307 g/mol. The van der Waals surface area contributed by atoms with Crippen molar-refractivity contribution in [3.05, 3.63) is 41.4 Å². The highest BCUT2D eigenvalue weighted by Crippen LogP contribution is 2.38. The third kappa shape index (κ3) is 2.63. The van der Waals surface area contributed by atoms with Crippen molar-refractivity contribution in [3.63, 3.8) is 0 Å². The lowest BCUT2D eigenvalue weighted by molar-refractivity contribution is 0.866. The molecule has 0 amide bonds. The number of pyridine rings is 1. The van der Waals surface area contributed by atoms with Gasteiger partial charge in [-0.2, -0.15) is 0 Å². The van der Waals surface area contributed by atoms with Gasteiger partial charge in [0.25, 0.3) is 0 Å². The summed E-state index contributed by atoms with van der Waals surface area (Å²) in [6.45, 7) is 4.15. The van der Waals surface area contributed by atoms with Crippen LogP contribution in [0.4, 0.5) is 11.5 Å². The molecular weight excluding hydrogens is 290 g/mol. The molecule has 0 aliphatic heterocycles. The summed E-state index contributed by atoms with van der Waals surface area (Å²) in [5.41, 5.74) is 15.7. The summed E-state index contributed by atoms with van der Waals surface area (Å²) in [5, 5.41) is 3.08. The first kappa shape index (κ1) is 14.4. The van der Waals surface area contributed by atoms with E-state index < -0.39 is 0 Å². The Labute approximate surface area is 134 Å². The molecule has 2 aromatic heterocycles. The summed E-state index contributed by atoms with van der Waals surface area (Å²) >= 11 is 1.65. The van der Waals surface area contributed by atoms with Crippen LogP contribution in [0.1, 0.15) is 19.4 Å². The van der Waals surface area contributed by atoms with Crippen molar-refractivity contribution in [2.24, 2.45) is 5.92 Å². The van der Waals surface area contributed by atoms with Crippen LogP contribution in [0, 0.1) is 17.8 Å². The second-order valence-electron chi connectivity index (χ2n) is 5.46. The third-order valence-corrected chi connectivity index (χ3v) is 4.36. The molecule has 0 unspecified atom stereocenters. The highest BCUT2D eigenvalue weighted by molar-refractivity contribution is 7.18. The van der Waals surface area contributed by atoms with Gasteiger partial charge in [-0.3, -0.25) is 0 Å². The molecule has 0 aliphatic carbocycles. The number of nitrogens with zero attached hydrogens (tertiary/aromatic N) is 1. The van der Waals surface area contributed by atoms with Crippen LogP contribution in [-0.2, 0) is 0 Å². The van der Waals surface area contributed by atoms with Crippen LogP contribution in [0.25, 0.3) is 21.2 Å². The van der Waals surface area contributed by atoms with Gasteiger partial charge in [-0.05, 0) is 23.1 Å². The number of fused-ring (bicyclic) bond motifs is 1. The number of hydrogen-bond acceptors (Lipinski definition) is 4. The molecule has 22 heavy (non-hydrogen) atoms. The molecule has 0 bridgehead atoms. The zero-order valence-corrected chi connectivity index (χ0v) is 13.4. The number of hydrogen-bond donors (Lipinski definition) is 2. The van der Waals surface area contributed by atoms with Crippen LogP contribution in [-0.4, -0.2) is 4.98 Å². The fraction of sp³-hybridized carbons (Fsp3) is 0.167. The van der Waals surface area contributed by atoms with Crippen LogP contribution in [0.3, 0.4) is 0 Å². The van der Waals surface area contributed by atoms with Crippen LogP contribution in [0.15, 0.2) is 35.8 Å². The smallest absolute Gasteiger partial charge is 0.132 e. The number of anilines is 2. The van der Waals surface area contributed by atoms with Crippen LogP contribution >= 0.6 is 11.3 Å². The highest BCUT2D eigenvalue weighted by Gasteiger charge is 2.13. The van der Waals surface area contributed by atoms with Gasteiger partial charge in [0.1, 0.15) is 5.82 Å². The number of benzene rings is 1. The summed E-state index contributed by atoms with van der Waals surface area (Å²) < 4.78 is 1.09. The van der Waals surface area contributed by atoms with Gasteiger partial charge in [0.15, 0.2) is 0 Å². The number of aromatic nitrogens is 1. The lowest BCUT2D eigenvalue weighted by Gasteiger charge is -2.04. The molecule has 3 aromatic rings. The van der Waals surface area contributed by atoms with Gasteiger partial charge in [-0.1, -0.05) is 37.8 Å². The van der Waals surface area contributed by atoms with Crippen molar-refractivity contribution in [2.75, 3.05) is 11.5 Å². The van der Waals surface area contributed by atoms with Crippen molar-refractivity contribution >= 4 is 32.9 Å². The van der Waals surface area contributed by atoms with Gasteiger partial charge in [-0.15, -0.1) is 11.3 Å². The van der Waals surface area contributed by atoms with Gasteiger partial charge in [-0.25, -0.2) is 4.98 Å². The van der Waals surface area contributed by atoms with E-state index in [0.717, 1.165) is 32.5 Å². The highest BCUT2D eigenvalue weighted by atomic mass is 32.1. The van der Waals surface area contributed by atoms with Crippen molar-refractivity contribution in [3.8, 4) is 23.0 Å². The largest absolute Gasteiger partial charge is 0.399 e. The maximum Gasteiger partial charge on any atom is 0.132 e. The van der Waals surface area contributed by atoms with Gasteiger partial charge < -0.3 is 11.5 Å². The zero-order chi connectivity index (χ0) is 15.7. The lowest BCUT2D eigenvalue weighted by Crippen LogP contribution is -1.93. The molecule has 0 aliphatic rings. The molecule has 0 radical (unpaired) electrons. The van der Waals surface area contributed by atoms with Gasteiger partial charge in [0, 0.05) is 28.8 Å². The fourth-order valence-corrected chi connectivity index (χ4v) is 3.31. The summed E-state index contributed by atoms with van der Waals surface area (Å²) in [4.78, 5) is 4.32. The molecule has 3 rings (SSSR count). The van der Waals surface area contributed by atoms with Crippen molar-refractivity contribution in [1.82, 2.24) is 4.98 Å². The Kier molecular flexibility index (Phi) is 3.74. The molecule has 4 N–H and O–H groups in total. The molecule has 4 heteroatoms.